The van der Waals surface area contributed by atoms with Crippen LogP contribution in [0.1, 0.15) is 13.3 Å². The van der Waals surface area contributed by atoms with Crippen molar-refractivity contribution in [3.8, 4) is 28.2 Å². The summed E-state index contributed by atoms with van der Waals surface area (Å²) in [5, 5.41) is 1.31. The van der Waals surface area contributed by atoms with Crippen molar-refractivity contribution in [2.24, 2.45) is 0 Å². The third-order valence-corrected chi connectivity index (χ3v) is 6.24. The van der Waals surface area contributed by atoms with E-state index in [1.54, 1.807) is 0 Å². The summed E-state index contributed by atoms with van der Waals surface area (Å²) < 4.78 is 4.34. The van der Waals surface area contributed by atoms with Crippen LogP contribution in [0.25, 0.3) is 50.3 Å². The van der Waals surface area contributed by atoms with Crippen LogP contribution in [-0.4, -0.2) is 24.1 Å². The Morgan fingerprint density at radius 2 is 1.53 bits per heavy atom. The first-order valence-corrected chi connectivity index (χ1v) is 11.8. The molecule has 0 amide bonds. The summed E-state index contributed by atoms with van der Waals surface area (Å²) in [7, 11) is 0. The minimum atomic E-state index is 0.218. The lowest BCUT2D eigenvalue weighted by molar-refractivity contribution is 0.691. The van der Waals surface area contributed by atoms with E-state index < -0.39 is 0 Å². The van der Waals surface area contributed by atoms with Crippen molar-refractivity contribution in [2.75, 3.05) is 0 Å². The van der Waals surface area contributed by atoms with Crippen molar-refractivity contribution in [1.82, 2.24) is 24.1 Å². The first-order chi connectivity index (χ1) is 16.8. The summed E-state index contributed by atoms with van der Waals surface area (Å²) in [6.45, 7) is 2.96. The van der Waals surface area contributed by atoms with Crippen LogP contribution in [0.15, 0.2) is 91.3 Å². The number of rotatable bonds is 5. The lowest BCUT2D eigenvalue weighted by Crippen LogP contribution is -2.00. The van der Waals surface area contributed by atoms with Crippen molar-refractivity contribution < 1.29 is 0 Å². The van der Waals surface area contributed by atoms with Crippen molar-refractivity contribution >= 4 is 33.7 Å². The van der Waals surface area contributed by atoms with Gasteiger partial charge in [-0.1, -0.05) is 73.7 Å². The van der Waals surface area contributed by atoms with E-state index >= 15 is 0 Å². The molecule has 0 spiro atoms. The zero-order valence-electron chi connectivity index (χ0n) is 18.7. The fraction of sp³-hybridized carbons (Fsp3) is 0.107. The predicted molar refractivity (Wildman–Crippen MR) is 138 cm³/mol. The third kappa shape index (κ3) is 3.28. The van der Waals surface area contributed by atoms with E-state index in [1.165, 1.54) is 0 Å². The maximum absolute atomic E-state index is 6.51. The Balaban J connectivity index is 1.79. The molecule has 5 nitrogen and oxygen atoms in total. The Kier molecular flexibility index (Phi) is 5.12. The van der Waals surface area contributed by atoms with Gasteiger partial charge in [-0.2, -0.15) is 4.98 Å². The molecular weight excluding hydrogens is 442 g/mol. The molecule has 0 fully saturated rings. The topological polar surface area (TPSA) is 48.5 Å². The van der Waals surface area contributed by atoms with E-state index in [1.807, 2.05) is 23.0 Å². The number of hydrogen-bond donors (Lipinski definition) is 0. The number of imidazole rings is 1. The molecule has 0 bridgehead atoms. The molecule has 6 heteroatoms. The van der Waals surface area contributed by atoms with Gasteiger partial charge < -0.3 is 9.13 Å². The summed E-state index contributed by atoms with van der Waals surface area (Å²) in [6, 6.07) is 29.2. The molecule has 3 aromatic heterocycles. The van der Waals surface area contributed by atoms with Crippen molar-refractivity contribution in [2.45, 2.75) is 19.9 Å². The molecular formula is C28H22ClN5. The average Bonchev–Trinajstić information content (AvgIpc) is 3.44. The van der Waals surface area contributed by atoms with Gasteiger partial charge in [-0.15, -0.1) is 0 Å². The van der Waals surface area contributed by atoms with E-state index in [2.05, 4.69) is 89.3 Å². The largest absolute Gasteiger partial charge is 0.315 e. The number of aryl methyl sites for hydroxylation is 1. The molecule has 3 aromatic carbocycles. The monoisotopic (exact) mass is 463 g/mol. The van der Waals surface area contributed by atoms with Crippen LogP contribution in [-0.2, 0) is 6.54 Å². The van der Waals surface area contributed by atoms with Gasteiger partial charge in [0.25, 0.3) is 0 Å². The zero-order chi connectivity index (χ0) is 23.1. The maximum Gasteiger partial charge on any atom is 0.225 e. The molecule has 0 atom stereocenters. The maximum atomic E-state index is 6.51. The van der Waals surface area contributed by atoms with Gasteiger partial charge in [-0.25, -0.2) is 9.97 Å². The molecule has 0 N–H and O–H groups in total. The fourth-order valence-electron chi connectivity index (χ4n) is 4.69. The minimum absolute atomic E-state index is 0.218. The Bertz CT molecular complexity index is 1620. The second kappa shape index (κ2) is 8.43. The molecule has 34 heavy (non-hydrogen) atoms. The molecule has 0 saturated carbocycles. The number of fused-ring (bicyclic) bond motifs is 2. The highest BCUT2D eigenvalue weighted by molar-refractivity contribution is 6.29. The van der Waals surface area contributed by atoms with E-state index in [0.717, 1.165) is 63.2 Å². The van der Waals surface area contributed by atoms with E-state index in [9.17, 15) is 0 Å². The van der Waals surface area contributed by atoms with Gasteiger partial charge in [-0.05, 0) is 41.8 Å². The average molecular weight is 464 g/mol. The zero-order valence-corrected chi connectivity index (χ0v) is 19.4. The Morgan fingerprint density at radius 1 is 0.824 bits per heavy atom. The van der Waals surface area contributed by atoms with Gasteiger partial charge in [0.15, 0.2) is 5.65 Å². The number of nitrogens with zero attached hydrogens (tertiary/aromatic N) is 5. The van der Waals surface area contributed by atoms with E-state index in [4.69, 9.17) is 21.6 Å². The minimum Gasteiger partial charge on any atom is -0.315 e. The molecule has 0 aliphatic heterocycles. The smallest absolute Gasteiger partial charge is 0.225 e. The van der Waals surface area contributed by atoms with Crippen molar-refractivity contribution in [3.63, 3.8) is 0 Å². The highest BCUT2D eigenvalue weighted by Gasteiger charge is 2.25. The molecule has 6 rings (SSSR count). The van der Waals surface area contributed by atoms with Crippen LogP contribution >= 0.6 is 11.6 Å². The van der Waals surface area contributed by atoms with Gasteiger partial charge in [-0.3, -0.25) is 0 Å². The van der Waals surface area contributed by atoms with Gasteiger partial charge in [0.1, 0.15) is 11.2 Å². The van der Waals surface area contributed by atoms with E-state index in [0.29, 0.717) is 0 Å². The number of hydrogen-bond acceptors (Lipinski definition) is 3. The van der Waals surface area contributed by atoms with Crippen LogP contribution in [0.2, 0.25) is 5.28 Å². The highest BCUT2D eigenvalue weighted by atomic mass is 35.5. The summed E-state index contributed by atoms with van der Waals surface area (Å²) in [4.78, 5) is 14.0. The molecule has 3 heterocycles. The van der Waals surface area contributed by atoms with Gasteiger partial charge in [0.2, 0.25) is 5.28 Å². The van der Waals surface area contributed by atoms with Crippen LogP contribution in [0.5, 0.6) is 0 Å². The van der Waals surface area contributed by atoms with Crippen LogP contribution in [0.4, 0.5) is 0 Å². The standard InChI is InChI=1S/C28H22ClN5/c1-2-17-33-18-30-25-24(31-28(29)32-27(25)33)23-21-15-9-10-16-22(21)34(20-13-7-4-8-14-20)26(23)19-11-5-3-6-12-19/h3-16,18H,2,17H2,1H3. The Morgan fingerprint density at radius 3 is 2.29 bits per heavy atom. The summed E-state index contributed by atoms with van der Waals surface area (Å²) in [5.41, 5.74) is 7.58. The number of para-hydroxylation sites is 2. The second-order valence-electron chi connectivity index (χ2n) is 8.23. The van der Waals surface area contributed by atoms with Gasteiger partial charge >= 0.3 is 0 Å². The summed E-state index contributed by atoms with van der Waals surface area (Å²) in [6.07, 6.45) is 2.81. The lowest BCUT2D eigenvalue weighted by atomic mass is 10.0. The van der Waals surface area contributed by atoms with Crippen molar-refractivity contribution in [3.05, 3.63) is 96.5 Å². The lowest BCUT2D eigenvalue weighted by Gasteiger charge is -2.13. The van der Waals surface area contributed by atoms with Crippen LogP contribution < -0.4 is 0 Å². The second-order valence-corrected chi connectivity index (χ2v) is 8.57. The van der Waals surface area contributed by atoms with Crippen LogP contribution in [0, 0.1) is 0 Å². The predicted octanol–water partition coefficient (Wildman–Crippen LogP) is 7.17. The summed E-state index contributed by atoms with van der Waals surface area (Å²) in [5.74, 6) is 0. The normalized spacial score (nSPS) is 11.5. The number of aromatic nitrogens is 5. The van der Waals surface area contributed by atoms with E-state index in [-0.39, 0.29) is 5.28 Å². The Labute approximate surface area is 202 Å². The van der Waals surface area contributed by atoms with Gasteiger partial charge in [0, 0.05) is 23.2 Å². The molecule has 6 aromatic rings. The molecule has 0 radical (unpaired) electrons. The van der Waals surface area contributed by atoms with Crippen molar-refractivity contribution in [1.29, 1.82) is 0 Å². The quantitative estimate of drug-likeness (QED) is 0.255. The molecule has 0 aliphatic carbocycles. The summed E-state index contributed by atoms with van der Waals surface area (Å²) >= 11 is 6.51. The molecule has 0 unspecified atom stereocenters. The number of halogens is 1. The van der Waals surface area contributed by atoms with Gasteiger partial charge in [0.05, 0.1) is 17.5 Å². The van der Waals surface area contributed by atoms with Crippen LogP contribution in [0.3, 0.4) is 0 Å². The third-order valence-electron chi connectivity index (χ3n) is 6.07. The Hall–Kier alpha value is -3.96. The molecule has 0 aliphatic rings. The molecule has 0 saturated heterocycles. The first kappa shape index (κ1) is 20.6. The first-order valence-electron chi connectivity index (χ1n) is 11.4. The highest BCUT2D eigenvalue weighted by Crippen LogP contribution is 2.43. The fourth-order valence-corrected chi connectivity index (χ4v) is 4.86. The number of benzene rings is 3. The molecule has 166 valence electrons. The SMILES string of the molecule is CCCn1cnc2c(-c3c(-c4ccccc4)n(-c4ccccc4)c4ccccc34)nc(Cl)nc21.